The van der Waals surface area contributed by atoms with Crippen LogP contribution in [0.5, 0.6) is 0 Å². The van der Waals surface area contributed by atoms with Crippen LogP contribution in [-0.2, 0) is 11.3 Å². The smallest absolute Gasteiger partial charge is 0.354 e. The zero-order chi connectivity index (χ0) is 18.3. The molecule has 4 bridgehead atoms. The van der Waals surface area contributed by atoms with Crippen molar-refractivity contribution in [2.75, 3.05) is 0 Å². The Balaban J connectivity index is 1.38. The monoisotopic (exact) mass is 359 g/mol. The lowest BCUT2D eigenvalue weighted by Gasteiger charge is -2.59. The summed E-state index contributed by atoms with van der Waals surface area (Å²) in [5.41, 5.74) is 0.433. The van der Waals surface area contributed by atoms with E-state index in [-0.39, 0.29) is 24.1 Å². The Morgan fingerprint density at radius 3 is 2.42 bits per heavy atom. The molecule has 1 amide bonds. The highest BCUT2D eigenvalue weighted by Crippen LogP contribution is 2.61. The lowest BCUT2D eigenvalue weighted by Crippen LogP contribution is -2.56. The molecule has 4 aliphatic rings. The molecule has 4 saturated carbocycles. The van der Waals surface area contributed by atoms with Gasteiger partial charge >= 0.3 is 5.97 Å². The lowest BCUT2D eigenvalue weighted by atomic mass is 9.47. The Kier molecular flexibility index (Phi) is 4.53. The summed E-state index contributed by atoms with van der Waals surface area (Å²) in [5.74, 6) is 1.61. The molecule has 4 aliphatic carbocycles. The number of rotatable bonds is 7. The summed E-state index contributed by atoms with van der Waals surface area (Å²) in [7, 11) is 0. The van der Waals surface area contributed by atoms with E-state index in [2.05, 4.69) is 17.3 Å². The number of amides is 1. The molecule has 6 nitrogen and oxygen atoms in total. The highest BCUT2D eigenvalue weighted by Gasteiger charge is 2.53. The first kappa shape index (κ1) is 17.6. The SMILES string of the molecule is CCC(NC(=O)CCn1nccc1C(=O)O)C12CC3CC(CC(C3)C1)C2. The minimum absolute atomic E-state index is 0.0134. The third kappa shape index (κ3) is 3.14. The zero-order valence-electron chi connectivity index (χ0n) is 15.5. The summed E-state index contributed by atoms with van der Waals surface area (Å²) in [6.07, 6.45) is 10.7. The number of nitrogens with one attached hydrogen (secondary N) is 1. The number of carbonyl (C=O) groups is 2. The van der Waals surface area contributed by atoms with Crippen LogP contribution in [0.2, 0.25) is 0 Å². The summed E-state index contributed by atoms with van der Waals surface area (Å²) in [4.78, 5) is 23.7. The Labute approximate surface area is 154 Å². The molecule has 1 atom stereocenters. The molecule has 5 rings (SSSR count). The molecule has 2 N–H and O–H groups in total. The first-order valence-electron chi connectivity index (χ1n) is 10.0. The fourth-order valence-corrected chi connectivity index (χ4v) is 6.46. The minimum Gasteiger partial charge on any atom is -0.477 e. The van der Waals surface area contributed by atoms with Crippen LogP contribution in [0.3, 0.4) is 0 Å². The number of carboxylic acids is 1. The highest BCUT2D eigenvalue weighted by molar-refractivity contribution is 5.85. The molecular weight excluding hydrogens is 330 g/mol. The number of aromatic carboxylic acids is 1. The van der Waals surface area contributed by atoms with E-state index >= 15 is 0 Å². The van der Waals surface area contributed by atoms with Crippen molar-refractivity contribution in [2.24, 2.45) is 23.2 Å². The quantitative estimate of drug-likeness (QED) is 0.783. The van der Waals surface area contributed by atoms with Crippen molar-refractivity contribution in [2.45, 2.75) is 70.9 Å². The van der Waals surface area contributed by atoms with Gasteiger partial charge in [-0.25, -0.2) is 4.79 Å². The van der Waals surface area contributed by atoms with Gasteiger partial charge in [0.15, 0.2) is 0 Å². The van der Waals surface area contributed by atoms with Crippen molar-refractivity contribution in [3.8, 4) is 0 Å². The summed E-state index contributed by atoms with van der Waals surface area (Å²) >= 11 is 0. The maximum atomic E-state index is 12.6. The van der Waals surface area contributed by atoms with Gasteiger partial charge in [-0.15, -0.1) is 0 Å². The van der Waals surface area contributed by atoms with Crippen LogP contribution in [0, 0.1) is 23.2 Å². The summed E-state index contributed by atoms with van der Waals surface area (Å²) in [6, 6.07) is 1.71. The third-order valence-corrected chi connectivity index (χ3v) is 7.05. The van der Waals surface area contributed by atoms with Gasteiger partial charge in [0.25, 0.3) is 0 Å². The fraction of sp³-hybridized carbons (Fsp3) is 0.750. The van der Waals surface area contributed by atoms with E-state index in [0.717, 1.165) is 24.2 Å². The molecule has 1 unspecified atom stereocenters. The number of aromatic nitrogens is 2. The maximum Gasteiger partial charge on any atom is 0.354 e. The molecule has 1 aromatic heterocycles. The number of aryl methyl sites for hydroxylation is 1. The summed E-state index contributed by atoms with van der Waals surface area (Å²) in [6.45, 7) is 2.48. The zero-order valence-corrected chi connectivity index (χ0v) is 15.5. The minimum atomic E-state index is -1.01. The van der Waals surface area contributed by atoms with Gasteiger partial charge in [-0.3, -0.25) is 9.48 Å². The van der Waals surface area contributed by atoms with Crippen molar-refractivity contribution in [1.29, 1.82) is 0 Å². The fourth-order valence-electron chi connectivity index (χ4n) is 6.46. The van der Waals surface area contributed by atoms with Crippen molar-refractivity contribution in [3.63, 3.8) is 0 Å². The summed E-state index contributed by atoms with van der Waals surface area (Å²) in [5, 5.41) is 16.5. The van der Waals surface area contributed by atoms with Crippen LogP contribution in [0.1, 0.15) is 68.8 Å². The first-order chi connectivity index (χ1) is 12.5. The van der Waals surface area contributed by atoms with E-state index in [1.54, 1.807) is 0 Å². The van der Waals surface area contributed by atoms with Gasteiger partial charge in [0.2, 0.25) is 5.91 Å². The average Bonchev–Trinajstić information content (AvgIpc) is 3.05. The van der Waals surface area contributed by atoms with Crippen molar-refractivity contribution < 1.29 is 14.7 Å². The van der Waals surface area contributed by atoms with Crippen molar-refractivity contribution >= 4 is 11.9 Å². The van der Waals surface area contributed by atoms with E-state index < -0.39 is 5.97 Å². The van der Waals surface area contributed by atoms with Crippen molar-refractivity contribution in [1.82, 2.24) is 15.1 Å². The summed E-state index contributed by atoms with van der Waals surface area (Å²) < 4.78 is 1.40. The second kappa shape index (κ2) is 6.71. The van der Waals surface area contributed by atoms with Crippen molar-refractivity contribution in [3.05, 3.63) is 18.0 Å². The number of carbonyl (C=O) groups excluding carboxylic acids is 1. The van der Waals surface area contributed by atoms with E-state index in [4.69, 9.17) is 5.11 Å². The van der Waals surface area contributed by atoms with Crippen LogP contribution in [0.15, 0.2) is 12.3 Å². The second-order valence-electron chi connectivity index (χ2n) is 8.80. The van der Waals surface area contributed by atoms with Crippen LogP contribution >= 0.6 is 0 Å². The molecule has 0 aromatic carbocycles. The number of hydrogen-bond donors (Lipinski definition) is 2. The van der Waals surface area contributed by atoms with Crippen LogP contribution in [0.4, 0.5) is 0 Å². The van der Waals surface area contributed by atoms with E-state index in [1.807, 2.05) is 0 Å². The van der Waals surface area contributed by atoms with E-state index in [1.165, 1.54) is 55.5 Å². The van der Waals surface area contributed by atoms with Crippen LogP contribution < -0.4 is 5.32 Å². The molecule has 142 valence electrons. The van der Waals surface area contributed by atoms with Gasteiger partial charge in [0.1, 0.15) is 5.69 Å². The molecule has 1 heterocycles. The van der Waals surface area contributed by atoms with Crippen LogP contribution in [-0.4, -0.2) is 32.8 Å². The van der Waals surface area contributed by atoms with Gasteiger partial charge in [-0.1, -0.05) is 6.92 Å². The molecule has 4 fully saturated rings. The first-order valence-corrected chi connectivity index (χ1v) is 10.0. The molecule has 0 spiro atoms. The predicted octanol–water partition coefficient (Wildman–Crippen LogP) is 3.08. The largest absolute Gasteiger partial charge is 0.477 e. The Morgan fingerprint density at radius 1 is 1.27 bits per heavy atom. The molecule has 1 aromatic rings. The standard InChI is InChI=1S/C20H29N3O3/c1-2-17(20-10-13-7-14(11-20)9-15(8-13)12-20)22-18(24)4-6-23-16(19(25)26)3-5-21-23/h3,5,13-15,17H,2,4,6-12H2,1H3,(H,22,24)(H,25,26). The third-order valence-electron chi connectivity index (χ3n) is 7.05. The highest BCUT2D eigenvalue weighted by atomic mass is 16.4. The Bertz CT molecular complexity index is 661. The van der Waals surface area contributed by atoms with Gasteiger partial charge in [0, 0.05) is 18.7 Å². The van der Waals surface area contributed by atoms with E-state index in [9.17, 15) is 9.59 Å². The van der Waals surface area contributed by atoms with Gasteiger partial charge < -0.3 is 10.4 Å². The van der Waals surface area contributed by atoms with Gasteiger partial charge in [-0.05, 0) is 74.2 Å². The molecule has 6 heteroatoms. The van der Waals surface area contributed by atoms with Gasteiger partial charge in [-0.2, -0.15) is 5.10 Å². The second-order valence-corrected chi connectivity index (χ2v) is 8.80. The Morgan fingerprint density at radius 2 is 1.88 bits per heavy atom. The predicted molar refractivity (Wildman–Crippen MR) is 96.6 cm³/mol. The maximum absolute atomic E-state index is 12.6. The molecule has 26 heavy (non-hydrogen) atoms. The average molecular weight is 359 g/mol. The number of nitrogens with zero attached hydrogens (tertiary/aromatic N) is 2. The van der Waals surface area contributed by atoms with Crippen LogP contribution in [0.25, 0.3) is 0 Å². The number of carboxylic acid groups (broad SMARTS) is 1. The van der Waals surface area contributed by atoms with Gasteiger partial charge in [0.05, 0.1) is 6.54 Å². The normalized spacial score (nSPS) is 33.2. The molecule has 0 radical (unpaired) electrons. The lowest BCUT2D eigenvalue weighted by molar-refractivity contribution is -0.126. The molecule has 0 aliphatic heterocycles. The molecular formula is C20H29N3O3. The van der Waals surface area contributed by atoms with E-state index in [0.29, 0.717) is 12.0 Å². The number of hydrogen-bond acceptors (Lipinski definition) is 3. The molecule has 0 saturated heterocycles. The topological polar surface area (TPSA) is 84.2 Å². The Hall–Kier alpha value is -1.85.